The minimum atomic E-state index is 0. The van der Waals surface area contributed by atoms with Crippen LogP contribution in [-0.2, 0) is 17.1 Å². The van der Waals surface area contributed by atoms with Crippen LogP contribution < -0.4 is 0 Å². The minimum absolute atomic E-state index is 0. The monoisotopic (exact) mass is 102 g/mol. The summed E-state index contributed by atoms with van der Waals surface area (Å²) in [6.45, 7) is 0. The summed E-state index contributed by atoms with van der Waals surface area (Å²) < 4.78 is 0. The maximum Gasteiger partial charge on any atom is 0 e. The normalized spacial score (nSPS) is 1.00. The molecule has 1 N–H and O–H groups in total. The third-order valence-electron chi connectivity index (χ3n) is 0. The molecule has 0 saturated heterocycles. The van der Waals surface area contributed by atoms with Gasteiger partial charge >= 0.3 is 0 Å². The van der Waals surface area contributed by atoms with Crippen LogP contribution in [0.1, 0.15) is 7.43 Å². The van der Waals surface area contributed by atoms with Crippen LogP contribution in [0.3, 0.4) is 0 Å². The van der Waals surface area contributed by atoms with Gasteiger partial charge < -0.3 is 0 Å². The zero-order valence-corrected chi connectivity index (χ0v) is 2.47. The van der Waals surface area contributed by atoms with Gasteiger partial charge in [0, 0.05) is 17.1 Å². The second-order valence-corrected chi connectivity index (χ2v) is 0. The van der Waals surface area contributed by atoms with E-state index in [9.17, 15) is 0 Å². The zero-order valence-electron chi connectivity index (χ0n) is 1.29. The summed E-state index contributed by atoms with van der Waals surface area (Å²) in [6.07, 6.45) is 0. The molecule has 0 aliphatic rings. The Bertz CT molecular complexity index is 8.00. The fraction of sp³-hybridized carbons (Fsp3) is 1.00. The van der Waals surface area contributed by atoms with Crippen molar-refractivity contribution < 1.29 is 17.1 Å². The van der Waals surface area contributed by atoms with Crippen LogP contribution in [0, 0.1) is 10.5 Å². The van der Waals surface area contributed by atoms with Crippen LogP contribution in [0.5, 0.6) is 0 Å². The van der Waals surface area contributed by atoms with Gasteiger partial charge in [-0.3, -0.25) is 0 Å². The summed E-state index contributed by atoms with van der Waals surface area (Å²) >= 11 is 0. The van der Waals surface area contributed by atoms with E-state index in [4.69, 9.17) is 4.91 Å². The molecule has 27 valence electrons. The first kappa shape index (κ1) is 32.0. The van der Waals surface area contributed by atoms with Gasteiger partial charge in [0.05, 0.1) is 0 Å². The van der Waals surface area contributed by atoms with Crippen molar-refractivity contribution in [3.8, 4) is 0 Å². The molecule has 3 heteroatoms. The van der Waals surface area contributed by atoms with E-state index < -0.39 is 0 Å². The molecule has 2 nitrogen and oxygen atoms in total. The molecule has 0 fully saturated rings. The number of nitrogens with one attached hydrogen (secondary N) is 1. The van der Waals surface area contributed by atoms with Crippen molar-refractivity contribution in [3.05, 3.63) is 4.91 Å². The van der Waals surface area contributed by atoms with Gasteiger partial charge in [-0.15, -0.1) is 0 Å². The van der Waals surface area contributed by atoms with Crippen molar-refractivity contribution in [2.75, 3.05) is 0 Å². The van der Waals surface area contributed by atoms with E-state index in [2.05, 4.69) is 5.59 Å². The first-order chi connectivity index (χ1) is 1.00. The van der Waals surface area contributed by atoms with E-state index in [1.807, 2.05) is 0 Å². The predicted octanol–water partition coefficient (Wildman–Crippen LogP) is 0.965. The van der Waals surface area contributed by atoms with Gasteiger partial charge in [-0.05, 0) is 0 Å². The zero-order chi connectivity index (χ0) is 2.00. The van der Waals surface area contributed by atoms with Crippen LogP contribution in [0.15, 0.2) is 0 Å². The SMILES string of the molecule is C.N=O.[Mn]. The van der Waals surface area contributed by atoms with E-state index in [1.165, 1.54) is 0 Å². The van der Waals surface area contributed by atoms with Crippen molar-refractivity contribution in [3.63, 3.8) is 0 Å². The van der Waals surface area contributed by atoms with Gasteiger partial charge in [-0.25, -0.2) is 0 Å². The van der Waals surface area contributed by atoms with Crippen molar-refractivity contribution in [2.24, 2.45) is 0 Å². The second-order valence-electron chi connectivity index (χ2n) is 0. The third-order valence-corrected chi connectivity index (χ3v) is 0. The van der Waals surface area contributed by atoms with Crippen LogP contribution in [0.2, 0.25) is 0 Å². The molecular formula is CH5MnNO. The number of hydrogen-bond acceptors (Lipinski definition) is 2. The van der Waals surface area contributed by atoms with Crippen molar-refractivity contribution >= 4 is 0 Å². The number of nitroso groups, excluding NO2 is 1. The van der Waals surface area contributed by atoms with E-state index in [1.54, 1.807) is 0 Å². The summed E-state index contributed by atoms with van der Waals surface area (Å²) in [5.41, 5.74) is 4.50. The Kier molecular flexibility index (Phi) is 7850. The van der Waals surface area contributed by atoms with E-state index in [0.717, 1.165) is 0 Å². The Morgan fingerprint density at radius 2 is 1.25 bits per heavy atom. The fourth-order valence-corrected chi connectivity index (χ4v) is 0. The first-order valence-electron chi connectivity index (χ1n) is 0.204. The molecule has 0 aliphatic heterocycles. The molecule has 0 aromatic heterocycles. The van der Waals surface area contributed by atoms with Gasteiger partial charge in [0.1, 0.15) is 0 Å². The van der Waals surface area contributed by atoms with Gasteiger partial charge in [-0.1, -0.05) is 13.0 Å². The number of rotatable bonds is 0. The molecule has 4 heavy (non-hydrogen) atoms. The fourth-order valence-electron chi connectivity index (χ4n) is 0. The first-order valence-corrected chi connectivity index (χ1v) is 0.204. The maximum atomic E-state index is 7.50. The molecule has 0 amide bonds. The molecule has 0 unspecified atom stereocenters. The number of hydrogen-bond donors (Lipinski definition) is 1. The summed E-state index contributed by atoms with van der Waals surface area (Å²) in [7, 11) is 0. The van der Waals surface area contributed by atoms with E-state index in [-0.39, 0.29) is 24.5 Å². The third kappa shape index (κ3) is 186. The molecule has 0 bridgehead atoms. The Labute approximate surface area is 35.8 Å². The topological polar surface area (TPSA) is 40.9 Å². The average Bonchev–Trinajstić information content (AvgIpc) is 1.00. The largest absolute Gasteiger partial charge is 0.154 e. The standard InChI is InChI=1S/CH4.Mn.HNO/c;;1-2/h1H4;;1H. The molecule has 0 spiro atoms. The van der Waals surface area contributed by atoms with E-state index in [0.29, 0.717) is 0 Å². The summed E-state index contributed by atoms with van der Waals surface area (Å²) in [5, 5.41) is 0. The predicted molar refractivity (Wildman–Crippen MR) is 12.8 cm³/mol. The van der Waals surface area contributed by atoms with Crippen molar-refractivity contribution in [1.82, 2.24) is 0 Å². The molecule has 1 radical (unpaired) electrons. The van der Waals surface area contributed by atoms with Crippen LogP contribution >= 0.6 is 0 Å². The van der Waals surface area contributed by atoms with Gasteiger partial charge in [0.25, 0.3) is 0 Å². The Morgan fingerprint density at radius 1 is 1.25 bits per heavy atom. The van der Waals surface area contributed by atoms with Gasteiger partial charge in [-0.2, -0.15) is 4.91 Å². The second kappa shape index (κ2) is 982. The molecule has 0 atom stereocenters. The Morgan fingerprint density at radius 3 is 1.25 bits per heavy atom. The summed E-state index contributed by atoms with van der Waals surface area (Å²) in [4.78, 5) is 7.50. The minimum Gasteiger partial charge on any atom is -0.154 e. The summed E-state index contributed by atoms with van der Waals surface area (Å²) in [5.74, 6) is 0. The smallest absolute Gasteiger partial charge is 0 e. The molecule has 0 aliphatic carbocycles. The maximum absolute atomic E-state index is 7.50. The van der Waals surface area contributed by atoms with Gasteiger partial charge in [0.2, 0.25) is 0 Å². The van der Waals surface area contributed by atoms with Crippen LogP contribution in [0.4, 0.5) is 0 Å². The Balaban J connectivity index is -0.00000000500. The molecule has 0 aromatic rings. The van der Waals surface area contributed by atoms with Crippen molar-refractivity contribution in [2.45, 2.75) is 7.43 Å². The van der Waals surface area contributed by atoms with Gasteiger partial charge in [0.15, 0.2) is 0 Å². The molecule has 0 rings (SSSR count). The molecular weight excluding hydrogens is 97.0 g/mol. The quantitative estimate of drug-likeness (QED) is 0.359. The van der Waals surface area contributed by atoms with Crippen LogP contribution in [-0.4, -0.2) is 0 Å². The van der Waals surface area contributed by atoms with Crippen molar-refractivity contribution in [1.29, 1.82) is 5.59 Å². The van der Waals surface area contributed by atoms with E-state index >= 15 is 0 Å². The average molecular weight is 102 g/mol. The molecule has 0 heterocycles. The Hall–Kier alpha value is 0.119. The van der Waals surface area contributed by atoms with Crippen LogP contribution in [0.25, 0.3) is 0 Å². The molecule has 0 saturated carbocycles. The molecule has 0 aromatic carbocycles. The summed E-state index contributed by atoms with van der Waals surface area (Å²) in [6, 6.07) is 0.